The SMILES string of the molecule is COC(=O)c1nccc(OC2CNC2)n1. The molecule has 0 aliphatic carbocycles. The Morgan fingerprint density at radius 1 is 1.60 bits per heavy atom. The van der Waals surface area contributed by atoms with Crippen LogP contribution in [0.2, 0.25) is 0 Å². The molecule has 1 aromatic rings. The number of nitrogens with zero attached hydrogens (tertiary/aromatic N) is 2. The van der Waals surface area contributed by atoms with Crippen molar-refractivity contribution in [1.29, 1.82) is 0 Å². The van der Waals surface area contributed by atoms with Crippen LogP contribution in [-0.4, -0.2) is 42.2 Å². The molecule has 0 bridgehead atoms. The van der Waals surface area contributed by atoms with E-state index < -0.39 is 5.97 Å². The van der Waals surface area contributed by atoms with Crippen LogP contribution in [0.3, 0.4) is 0 Å². The van der Waals surface area contributed by atoms with Crippen LogP contribution in [-0.2, 0) is 4.74 Å². The summed E-state index contributed by atoms with van der Waals surface area (Å²) in [6.45, 7) is 1.61. The highest BCUT2D eigenvalue weighted by Gasteiger charge is 2.19. The van der Waals surface area contributed by atoms with Gasteiger partial charge in [0.25, 0.3) is 0 Å². The van der Waals surface area contributed by atoms with Crippen molar-refractivity contribution in [3.05, 3.63) is 18.1 Å². The monoisotopic (exact) mass is 209 g/mol. The van der Waals surface area contributed by atoms with Gasteiger partial charge < -0.3 is 14.8 Å². The predicted octanol–water partition coefficient (Wildman–Crippen LogP) is -0.386. The molecule has 15 heavy (non-hydrogen) atoms. The molecule has 0 spiro atoms. The molecule has 6 heteroatoms. The second-order valence-electron chi connectivity index (χ2n) is 3.11. The van der Waals surface area contributed by atoms with Gasteiger partial charge in [0.15, 0.2) is 0 Å². The molecule has 0 saturated carbocycles. The molecule has 2 rings (SSSR count). The van der Waals surface area contributed by atoms with Crippen molar-refractivity contribution in [2.75, 3.05) is 20.2 Å². The van der Waals surface area contributed by atoms with Gasteiger partial charge in [0, 0.05) is 25.4 Å². The van der Waals surface area contributed by atoms with Gasteiger partial charge in [-0.05, 0) is 0 Å². The summed E-state index contributed by atoms with van der Waals surface area (Å²) in [4.78, 5) is 18.8. The van der Waals surface area contributed by atoms with E-state index in [4.69, 9.17) is 4.74 Å². The summed E-state index contributed by atoms with van der Waals surface area (Å²) < 4.78 is 9.97. The maximum atomic E-state index is 11.1. The summed E-state index contributed by atoms with van der Waals surface area (Å²) in [5, 5.41) is 3.07. The zero-order valence-electron chi connectivity index (χ0n) is 8.27. The van der Waals surface area contributed by atoms with Crippen molar-refractivity contribution >= 4 is 5.97 Å². The van der Waals surface area contributed by atoms with Gasteiger partial charge in [-0.1, -0.05) is 0 Å². The van der Waals surface area contributed by atoms with E-state index in [1.807, 2.05) is 0 Å². The highest BCUT2D eigenvalue weighted by Crippen LogP contribution is 2.10. The van der Waals surface area contributed by atoms with Crippen molar-refractivity contribution in [2.24, 2.45) is 0 Å². The second-order valence-corrected chi connectivity index (χ2v) is 3.11. The molecular formula is C9H11N3O3. The minimum Gasteiger partial charge on any atom is -0.472 e. The Morgan fingerprint density at radius 3 is 3.00 bits per heavy atom. The van der Waals surface area contributed by atoms with E-state index in [1.165, 1.54) is 13.3 Å². The first-order valence-corrected chi connectivity index (χ1v) is 4.58. The number of ether oxygens (including phenoxy) is 2. The molecule has 1 saturated heterocycles. The van der Waals surface area contributed by atoms with Crippen LogP contribution in [0.15, 0.2) is 12.3 Å². The van der Waals surface area contributed by atoms with Crippen LogP contribution in [0.4, 0.5) is 0 Å². The zero-order chi connectivity index (χ0) is 10.7. The molecule has 80 valence electrons. The molecule has 6 nitrogen and oxygen atoms in total. The number of carbonyl (C=O) groups is 1. The first-order chi connectivity index (χ1) is 7.29. The van der Waals surface area contributed by atoms with E-state index in [0.29, 0.717) is 5.88 Å². The van der Waals surface area contributed by atoms with E-state index >= 15 is 0 Å². The Labute approximate surface area is 86.6 Å². The molecular weight excluding hydrogens is 198 g/mol. The van der Waals surface area contributed by atoms with Crippen LogP contribution in [0.25, 0.3) is 0 Å². The quantitative estimate of drug-likeness (QED) is 0.684. The van der Waals surface area contributed by atoms with Crippen LogP contribution in [0.5, 0.6) is 5.88 Å². The van der Waals surface area contributed by atoms with Crippen LogP contribution >= 0.6 is 0 Å². The molecule has 1 N–H and O–H groups in total. The van der Waals surface area contributed by atoms with Crippen molar-refractivity contribution in [3.63, 3.8) is 0 Å². The molecule has 0 radical (unpaired) electrons. The molecule has 1 aliphatic rings. The molecule has 0 amide bonds. The predicted molar refractivity (Wildman–Crippen MR) is 50.7 cm³/mol. The number of esters is 1. The lowest BCUT2D eigenvalue weighted by atomic mass is 10.2. The minimum atomic E-state index is -0.563. The van der Waals surface area contributed by atoms with E-state index in [0.717, 1.165) is 13.1 Å². The van der Waals surface area contributed by atoms with Crippen LogP contribution in [0, 0.1) is 0 Å². The maximum Gasteiger partial charge on any atom is 0.376 e. The van der Waals surface area contributed by atoms with Crippen molar-refractivity contribution in [2.45, 2.75) is 6.10 Å². The third-order valence-electron chi connectivity index (χ3n) is 2.03. The Bertz CT molecular complexity index is 365. The topological polar surface area (TPSA) is 73.3 Å². The fourth-order valence-electron chi connectivity index (χ4n) is 1.11. The Hall–Kier alpha value is -1.69. The molecule has 1 aromatic heterocycles. The smallest absolute Gasteiger partial charge is 0.376 e. The van der Waals surface area contributed by atoms with Gasteiger partial charge in [0.1, 0.15) is 6.10 Å². The first kappa shape index (κ1) is 9.85. The number of carbonyl (C=O) groups excluding carboxylic acids is 1. The largest absolute Gasteiger partial charge is 0.472 e. The number of hydrogen-bond acceptors (Lipinski definition) is 6. The average Bonchev–Trinajstić information content (AvgIpc) is 2.23. The first-order valence-electron chi connectivity index (χ1n) is 4.58. The van der Waals surface area contributed by atoms with Gasteiger partial charge in [-0.15, -0.1) is 0 Å². The second kappa shape index (κ2) is 4.22. The van der Waals surface area contributed by atoms with E-state index in [-0.39, 0.29) is 11.9 Å². The normalized spacial score (nSPS) is 15.5. The Morgan fingerprint density at radius 2 is 2.40 bits per heavy atom. The van der Waals surface area contributed by atoms with Crippen molar-refractivity contribution < 1.29 is 14.3 Å². The molecule has 1 fully saturated rings. The average molecular weight is 209 g/mol. The lowest BCUT2D eigenvalue weighted by Gasteiger charge is -2.27. The number of aromatic nitrogens is 2. The number of nitrogens with one attached hydrogen (secondary N) is 1. The molecule has 2 heterocycles. The summed E-state index contributed by atoms with van der Waals surface area (Å²) in [5.74, 6) is -0.147. The summed E-state index contributed by atoms with van der Waals surface area (Å²) in [7, 11) is 1.29. The fraction of sp³-hybridized carbons (Fsp3) is 0.444. The highest BCUT2D eigenvalue weighted by molar-refractivity contribution is 5.84. The van der Waals surface area contributed by atoms with Gasteiger partial charge in [0.2, 0.25) is 11.7 Å². The van der Waals surface area contributed by atoms with Crippen LogP contribution < -0.4 is 10.1 Å². The molecule has 0 aromatic carbocycles. The Kier molecular flexibility index (Phi) is 2.77. The lowest BCUT2D eigenvalue weighted by molar-refractivity contribution is 0.0582. The van der Waals surface area contributed by atoms with E-state index in [9.17, 15) is 4.79 Å². The summed E-state index contributed by atoms with van der Waals surface area (Å²) in [5.41, 5.74) is 0. The number of methoxy groups -OCH3 is 1. The molecule has 1 aliphatic heterocycles. The van der Waals surface area contributed by atoms with Gasteiger partial charge in [0.05, 0.1) is 7.11 Å². The van der Waals surface area contributed by atoms with E-state index in [2.05, 4.69) is 20.0 Å². The van der Waals surface area contributed by atoms with E-state index in [1.54, 1.807) is 6.07 Å². The minimum absolute atomic E-state index is 0.0160. The Balaban J connectivity index is 2.07. The fourth-order valence-corrected chi connectivity index (χ4v) is 1.11. The lowest BCUT2D eigenvalue weighted by Crippen LogP contribution is -2.50. The summed E-state index contributed by atoms with van der Waals surface area (Å²) in [6, 6.07) is 1.62. The van der Waals surface area contributed by atoms with Crippen molar-refractivity contribution in [1.82, 2.24) is 15.3 Å². The van der Waals surface area contributed by atoms with Crippen molar-refractivity contribution in [3.8, 4) is 5.88 Å². The number of rotatable bonds is 3. The zero-order valence-corrected chi connectivity index (χ0v) is 8.27. The summed E-state index contributed by atoms with van der Waals surface area (Å²) in [6.07, 6.45) is 1.60. The van der Waals surface area contributed by atoms with Gasteiger partial charge in [-0.25, -0.2) is 9.78 Å². The van der Waals surface area contributed by atoms with Gasteiger partial charge in [-0.2, -0.15) is 4.98 Å². The van der Waals surface area contributed by atoms with Gasteiger partial charge in [-0.3, -0.25) is 0 Å². The third kappa shape index (κ3) is 2.21. The van der Waals surface area contributed by atoms with Crippen LogP contribution in [0.1, 0.15) is 10.6 Å². The number of hydrogen-bond donors (Lipinski definition) is 1. The molecule has 0 unspecified atom stereocenters. The third-order valence-corrected chi connectivity index (χ3v) is 2.03. The molecule has 0 atom stereocenters. The maximum absolute atomic E-state index is 11.1. The standard InChI is InChI=1S/C9H11N3O3/c1-14-9(13)8-11-3-2-7(12-8)15-6-4-10-5-6/h2-3,6,10H,4-5H2,1H3. The van der Waals surface area contributed by atoms with Gasteiger partial charge >= 0.3 is 5.97 Å². The highest BCUT2D eigenvalue weighted by atomic mass is 16.5. The summed E-state index contributed by atoms with van der Waals surface area (Å²) >= 11 is 0.